The van der Waals surface area contributed by atoms with Crippen LogP contribution in [-0.2, 0) is 25.5 Å². The van der Waals surface area contributed by atoms with E-state index in [1.54, 1.807) is 12.3 Å². The van der Waals surface area contributed by atoms with Crippen molar-refractivity contribution in [2.75, 3.05) is 70.7 Å². The third-order valence-electron chi connectivity index (χ3n) is 10.6. The highest BCUT2D eigenvalue weighted by atomic mass is 32.1. The highest BCUT2D eigenvalue weighted by Crippen LogP contribution is 2.30. The maximum Gasteiger partial charge on any atom is 0.263 e. The summed E-state index contributed by atoms with van der Waals surface area (Å²) in [5, 5.41) is 7.56. The van der Waals surface area contributed by atoms with Crippen molar-refractivity contribution in [3.05, 3.63) is 76.4 Å². The van der Waals surface area contributed by atoms with E-state index in [1.807, 2.05) is 12.1 Å². The number of thiazole rings is 1. The number of anilines is 1. The molecular weight excluding hydrogens is 751 g/mol. The van der Waals surface area contributed by atoms with Crippen molar-refractivity contribution in [2.24, 2.45) is 0 Å². The molecule has 0 bridgehead atoms. The lowest BCUT2D eigenvalue weighted by atomic mass is 10.0. The van der Waals surface area contributed by atoms with Crippen molar-refractivity contribution in [1.29, 1.82) is 0 Å². The molecule has 57 heavy (non-hydrogen) atoms. The quantitative estimate of drug-likeness (QED) is 0.0930. The van der Waals surface area contributed by atoms with Gasteiger partial charge in [0, 0.05) is 62.3 Å². The van der Waals surface area contributed by atoms with E-state index in [0.29, 0.717) is 37.1 Å². The van der Waals surface area contributed by atoms with Crippen LogP contribution in [0.25, 0.3) is 10.9 Å². The smallest absolute Gasteiger partial charge is 0.263 e. The van der Waals surface area contributed by atoms with Crippen LogP contribution in [0.3, 0.4) is 0 Å². The molecule has 3 aliphatic heterocycles. The van der Waals surface area contributed by atoms with Crippen LogP contribution < -0.4 is 20.3 Å². The Kier molecular flexibility index (Phi) is 13.2. The van der Waals surface area contributed by atoms with Gasteiger partial charge in [0.1, 0.15) is 23.3 Å². The number of carbonyl (C=O) groups is 5. The zero-order valence-electron chi connectivity index (χ0n) is 32.1. The highest BCUT2D eigenvalue weighted by molar-refractivity contribution is 7.17. The van der Waals surface area contributed by atoms with Gasteiger partial charge in [-0.05, 0) is 49.1 Å². The van der Waals surface area contributed by atoms with Gasteiger partial charge in [-0.1, -0.05) is 49.3 Å². The number of ether oxygens (including phenoxy) is 3. The first-order valence-electron chi connectivity index (χ1n) is 19.7. The van der Waals surface area contributed by atoms with Gasteiger partial charge < -0.3 is 29.4 Å². The van der Waals surface area contributed by atoms with Crippen LogP contribution in [0.1, 0.15) is 75.0 Å². The molecule has 2 aromatic carbocycles. The van der Waals surface area contributed by atoms with Crippen molar-refractivity contribution in [2.45, 2.75) is 57.5 Å². The average molecular weight is 800 g/mol. The van der Waals surface area contributed by atoms with E-state index in [2.05, 4.69) is 55.7 Å². The summed E-state index contributed by atoms with van der Waals surface area (Å²) < 4.78 is 17.2. The number of piperidine rings is 1. The van der Waals surface area contributed by atoms with Crippen LogP contribution in [0.2, 0.25) is 0 Å². The molecule has 2 unspecified atom stereocenters. The van der Waals surface area contributed by atoms with E-state index < -0.39 is 29.7 Å². The average Bonchev–Trinajstić information content (AvgIpc) is 3.94. The molecule has 16 heteroatoms. The summed E-state index contributed by atoms with van der Waals surface area (Å²) in [4.78, 5) is 77.1. The number of benzene rings is 2. The van der Waals surface area contributed by atoms with Crippen LogP contribution in [0, 0.1) is 0 Å². The first kappa shape index (κ1) is 40.1. The molecule has 3 aliphatic rings. The topological polar surface area (TPSA) is 176 Å². The van der Waals surface area contributed by atoms with Crippen molar-refractivity contribution < 1.29 is 38.2 Å². The molecule has 5 heterocycles. The van der Waals surface area contributed by atoms with Crippen LogP contribution in [0.5, 0.6) is 5.75 Å². The summed E-state index contributed by atoms with van der Waals surface area (Å²) in [5.41, 5.74) is 2.69. The maximum absolute atomic E-state index is 13.3. The molecule has 4 aromatic rings. The zero-order valence-corrected chi connectivity index (χ0v) is 32.9. The van der Waals surface area contributed by atoms with Gasteiger partial charge in [0.25, 0.3) is 17.7 Å². The summed E-state index contributed by atoms with van der Waals surface area (Å²) in [6, 6.07) is 11.9. The summed E-state index contributed by atoms with van der Waals surface area (Å²) in [7, 11) is 0. The lowest BCUT2D eigenvalue weighted by Crippen LogP contribution is -2.54. The number of hydrogen-bond donors (Lipinski definition) is 3. The predicted octanol–water partition coefficient (Wildman–Crippen LogP) is 3.79. The second kappa shape index (κ2) is 18.9. The molecule has 0 spiro atoms. The lowest BCUT2D eigenvalue weighted by molar-refractivity contribution is -0.136. The normalized spacial score (nSPS) is 17.9. The number of aromatic amines is 1. The van der Waals surface area contributed by atoms with E-state index in [1.165, 1.54) is 34.4 Å². The lowest BCUT2D eigenvalue weighted by Gasteiger charge is -2.34. The van der Waals surface area contributed by atoms with Gasteiger partial charge >= 0.3 is 0 Å². The standard InChI is InChI=1S/C41H49N7O8S/c1-2-3-6-28(23-27-25-42-33-8-5-4-7-30(27)33)44-38(51)35-26-43-41(57-35)47-15-13-46(14-16-47)17-18-54-19-20-55-21-22-56-29-9-10-31-32(24-29)40(53)48(39(31)52)34-11-12-36(49)45-37(34)50/h4-5,7-10,24-26,28,34,42H,2-3,6,11-23H2,1H3,(H,44,51)(H,45,49,50). The van der Waals surface area contributed by atoms with Crippen LogP contribution in [-0.4, -0.2) is 127 Å². The fourth-order valence-corrected chi connectivity index (χ4v) is 8.32. The van der Waals surface area contributed by atoms with Gasteiger partial charge in [0.15, 0.2) is 5.13 Å². The molecule has 7 rings (SSSR count). The Hall–Kier alpha value is -5.16. The third kappa shape index (κ3) is 9.70. The van der Waals surface area contributed by atoms with E-state index in [0.717, 1.165) is 74.0 Å². The van der Waals surface area contributed by atoms with Gasteiger partial charge in [-0.15, -0.1) is 0 Å². The second-order valence-corrected chi connectivity index (χ2v) is 15.4. The Balaban J connectivity index is 0.757. The third-order valence-corrected chi connectivity index (χ3v) is 11.6. The number of amides is 5. The van der Waals surface area contributed by atoms with Crippen LogP contribution in [0.15, 0.2) is 54.9 Å². The molecule has 2 saturated heterocycles. The number of H-pyrrole nitrogens is 1. The fraction of sp³-hybridized carbons (Fsp3) is 0.463. The Morgan fingerprint density at radius 1 is 0.965 bits per heavy atom. The molecule has 302 valence electrons. The number of rotatable bonds is 19. The first-order valence-corrected chi connectivity index (χ1v) is 20.5. The largest absolute Gasteiger partial charge is 0.491 e. The Bertz CT molecular complexity index is 2080. The number of nitrogens with zero attached hydrogens (tertiary/aromatic N) is 4. The Labute approximate surface area is 335 Å². The summed E-state index contributed by atoms with van der Waals surface area (Å²) in [6.07, 6.45) is 7.74. The number of unbranched alkanes of at least 4 members (excludes halogenated alkanes) is 1. The summed E-state index contributed by atoms with van der Waals surface area (Å²) >= 11 is 1.45. The van der Waals surface area contributed by atoms with Crippen molar-refractivity contribution >= 4 is 56.9 Å². The van der Waals surface area contributed by atoms with Gasteiger partial charge in [0.05, 0.1) is 43.8 Å². The molecule has 0 aliphatic carbocycles. The minimum absolute atomic E-state index is 0.0442. The van der Waals surface area contributed by atoms with Crippen LogP contribution in [0.4, 0.5) is 5.13 Å². The van der Waals surface area contributed by atoms with Gasteiger partial charge in [0.2, 0.25) is 11.8 Å². The molecule has 3 N–H and O–H groups in total. The van der Waals surface area contributed by atoms with Crippen molar-refractivity contribution in [1.82, 2.24) is 30.4 Å². The molecule has 0 saturated carbocycles. The molecule has 5 amide bonds. The molecule has 2 fully saturated rings. The molecule has 2 atom stereocenters. The van der Waals surface area contributed by atoms with Crippen molar-refractivity contribution in [3.63, 3.8) is 0 Å². The highest BCUT2D eigenvalue weighted by Gasteiger charge is 2.44. The number of hydrogen-bond acceptors (Lipinski definition) is 12. The predicted molar refractivity (Wildman–Crippen MR) is 214 cm³/mol. The number of piperazine rings is 1. The molecule has 0 radical (unpaired) electrons. The van der Waals surface area contributed by atoms with E-state index in [4.69, 9.17) is 14.2 Å². The van der Waals surface area contributed by atoms with Gasteiger partial charge in [-0.2, -0.15) is 0 Å². The molecule has 2 aromatic heterocycles. The number of nitrogens with one attached hydrogen (secondary N) is 3. The minimum atomic E-state index is -1.01. The molecule has 15 nitrogen and oxygen atoms in total. The number of imide groups is 2. The number of para-hydroxylation sites is 1. The zero-order chi connectivity index (χ0) is 39.7. The number of carbonyl (C=O) groups excluding carboxylic acids is 5. The number of aromatic nitrogens is 2. The second-order valence-electron chi connectivity index (χ2n) is 14.4. The molecular formula is C41H49N7O8S. The van der Waals surface area contributed by atoms with E-state index in [-0.39, 0.29) is 42.5 Å². The minimum Gasteiger partial charge on any atom is -0.491 e. The van der Waals surface area contributed by atoms with Crippen molar-refractivity contribution in [3.8, 4) is 5.75 Å². The van der Waals surface area contributed by atoms with Gasteiger partial charge in [-0.3, -0.25) is 39.1 Å². The number of fused-ring (bicyclic) bond motifs is 2. The van der Waals surface area contributed by atoms with Crippen LogP contribution >= 0.6 is 11.3 Å². The summed E-state index contributed by atoms with van der Waals surface area (Å²) in [6.45, 7) is 8.33. The summed E-state index contributed by atoms with van der Waals surface area (Å²) in [5.74, 6) is -1.86. The van der Waals surface area contributed by atoms with Gasteiger partial charge in [-0.25, -0.2) is 4.98 Å². The van der Waals surface area contributed by atoms with E-state index >= 15 is 0 Å². The SMILES string of the molecule is CCCCC(Cc1c[nH]c2ccccc12)NC(=O)c1cnc(N2CCN(CCOCCOCCOc3ccc4c(c3)C(=O)N(C3CCC(=O)NC3=O)C4=O)CC2)s1. The monoisotopic (exact) mass is 799 g/mol. The van der Waals surface area contributed by atoms with E-state index in [9.17, 15) is 24.0 Å². The Morgan fingerprint density at radius 2 is 1.74 bits per heavy atom. The first-order chi connectivity index (χ1) is 27.8. The fourth-order valence-electron chi connectivity index (χ4n) is 7.45. The Morgan fingerprint density at radius 3 is 2.54 bits per heavy atom. The maximum atomic E-state index is 13.3.